The van der Waals surface area contributed by atoms with Crippen LogP contribution in [0.25, 0.3) is 5.57 Å². The van der Waals surface area contributed by atoms with Crippen LogP contribution in [0.3, 0.4) is 0 Å². The fraction of sp³-hybridized carbons (Fsp3) is 0.227. The number of ketones is 1. The highest BCUT2D eigenvalue weighted by Crippen LogP contribution is 2.42. The van der Waals surface area contributed by atoms with Gasteiger partial charge in [-0.2, -0.15) is 0 Å². The van der Waals surface area contributed by atoms with Crippen LogP contribution in [0.5, 0.6) is 5.75 Å². The van der Waals surface area contributed by atoms with Gasteiger partial charge in [-0.05, 0) is 54.0 Å². The summed E-state index contributed by atoms with van der Waals surface area (Å²) in [5.41, 5.74) is 5.71. The van der Waals surface area contributed by atoms with Crippen molar-refractivity contribution < 1.29 is 9.53 Å². The molecule has 2 aliphatic carbocycles. The molecule has 0 fully saturated rings. The SMILES string of the molecule is COc1ccc2c(c1)C1=CC=C(C(=O)c3ccccc3)C[C@@H]1CC2. The lowest BCUT2D eigenvalue weighted by molar-refractivity contribution is 0.102. The van der Waals surface area contributed by atoms with Gasteiger partial charge < -0.3 is 4.74 Å². The number of methoxy groups -OCH3 is 1. The van der Waals surface area contributed by atoms with Gasteiger partial charge in [-0.3, -0.25) is 4.79 Å². The average molecular weight is 316 g/mol. The molecule has 0 unspecified atom stereocenters. The number of benzene rings is 2. The van der Waals surface area contributed by atoms with Crippen molar-refractivity contribution in [2.45, 2.75) is 19.3 Å². The number of carbonyl (C=O) groups excluding carboxylic acids is 1. The Hall–Kier alpha value is -2.61. The average Bonchev–Trinajstić information content (AvgIpc) is 2.67. The number of carbonyl (C=O) groups is 1. The van der Waals surface area contributed by atoms with Gasteiger partial charge in [0.15, 0.2) is 5.78 Å². The molecule has 0 N–H and O–H groups in total. The second kappa shape index (κ2) is 6.12. The van der Waals surface area contributed by atoms with E-state index in [0.29, 0.717) is 5.92 Å². The zero-order chi connectivity index (χ0) is 16.5. The number of rotatable bonds is 3. The standard InChI is InChI=1S/C22H20O2/c1-24-19-11-9-15-7-8-17-13-18(10-12-20(17)21(15)14-19)22(23)16-5-3-2-4-6-16/h2-6,9-12,14,17H,7-8,13H2,1H3/t17-/m0/s1. The third-order valence-corrected chi connectivity index (χ3v) is 5.09. The van der Waals surface area contributed by atoms with Gasteiger partial charge in [0.25, 0.3) is 0 Å². The Balaban J connectivity index is 1.69. The van der Waals surface area contributed by atoms with Crippen LogP contribution < -0.4 is 4.74 Å². The van der Waals surface area contributed by atoms with E-state index in [1.54, 1.807) is 7.11 Å². The van der Waals surface area contributed by atoms with Gasteiger partial charge in [0, 0.05) is 11.1 Å². The predicted molar refractivity (Wildman–Crippen MR) is 96.3 cm³/mol. The molecule has 0 spiro atoms. The Bertz CT molecular complexity index is 844. The van der Waals surface area contributed by atoms with Gasteiger partial charge in [0.1, 0.15) is 5.75 Å². The summed E-state index contributed by atoms with van der Waals surface area (Å²) >= 11 is 0. The van der Waals surface area contributed by atoms with Crippen LogP contribution >= 0.6 is 0 Å². The molecule has 1 atom stereocenters. The monoisotopic (exact) mass is 316 g/mol. The first kappa shape index (κ1) is 14.9. The normalized spacial score (nSPS) is 18.8. The van der Waals surface area contributed by atoms with Crippen molar-refractivity contribution in [3.8, 4) is 5.75 Å². The van der Waals surface area contributed by atoms with E-state index in [1.165, 1.54) is 16.7 Å². The molecule has 4 rings (SSSR count). The molecular formula is C22H20O2. The Morgan fingerprint density at radius 2 is 1.92 bits per heavy atom. The molecular weight excluding hydrogens is 296 g/mol. The molecule has 0 saturated carbocycles. The maximum Gasteiger partial charge on any atom is 0.189 e. The molecule has 2 aliphatic rings. The lowest BCUT2D eigenvalue weighted by Gasteiger charge is -2.31. The molecule has 0 amide bonds. The highest BCUT2D eigenvalue weighted by molar-refractivity contribution is 6.09. The number of Topliss-reactive ketones (excluding diaryl/α,β-unsaturated/α-hetero) is 1. The first-order valence-electron chi connectivity index (χ1n) is 8.44. The Morgan fingerprint density at radius 3 is 2.71 bits per heavy atom. The maximum atomic E-state index is 12.7. The van der Waals surface area contributed by atoms with Crippen molar-refractivity contribution in [3.63, 3.8) is 0 Å². The van der Waals surface area contributed by atoms with E-state index in [-0.39, 0.29) is 5.78 Å². The number of hydrogen-bond acceptors (Lipinski definition) is 2. The second-order valence-corrected chi connectivity index (χ2v) is 6.47. The molecule has 0 aromatic heterocycles. The van der Waals surface area contributed by atoms with E-state index < -0.39 is 0 Å². The molecule has 0 bridgehead atoms. The van der Waals surface area contributed by atoms with Crippen molar-refractivity contribution in [1.82, 2.24) is 0 Å². The summed E-state index contributed by atoms with van der Waals surface area (Å²) in [4.78, 5) is 12.7. The third-order valence-electron chi connectivity index (χ3n) is 5.09. The topological polar surface area (TPSA) is 26.3 Å². The number of allylic oxidation sites excluding steroid dienone is 4. The molecule has 0 radical (unpaired) electrons. The quantitative estimate of drug-likeness (QED) is 0.756. The van der Waals surface area contributed by atoms with Crippen molar-refractivity contribution in [2.75, 3.05) is 7.11 Å². The molecule has 24 heavy (non-hydrogen) atoms. The van der Waals surface area contributed by atoms with Crippen LogP contribution in [-0.4, -0.2) is 12.9 Å². The van der Waals surface area contributed by atoms with E-state index >= 15 is 0 Å². The predicted octanol–water partition coefficient (Wildman–Crippen LogP) is 4.85. The van der Waals surface area contributed by atoms with Crippen molar-refractivity contribution in [3.05, 3.63) is 82.9 Å². The number of fused-ring (bicyclic) bond motifs is 3. The summed E-state index contributed by atoms with van der Waals surface area (Å²) in [5, 5.41) is 0. The Kier molecular flexibility index (Phi) is 3.81. The van der Waals surface area contributed by atoms with Crippen LogP contribution in [-0.2, 0) is 6.42 Å². The Labute approximate surface area is 142 Å². The van der Waals surface area contributed by atoms with Gasteiger partial charge in [0.2, 0.25) is 0 Å². The largest absolute Gasteiger partial charge is 0.497 e. The van der Waals surface area contributed by atoms with Crippen LogP contribution in [0.15, 0.2) is 66.3 Å². The van der Waals surface area contributed by atoms with Gasteiger partial charge in [-0.15, -0.1) is 0 Å². The van der Waals surface area contributed by atoms with Crippen LogP contribution in [0.2, 0.25) is 0 Å². The fourth-order valence-corrected chi connectivity index (χ4v) is 3.78. The minimum absolute atomic E-state index is 0.155. The minimum Gasteiger partial charge on any atom is -0.497 e. The van der Waals surface area contributed by atoms with Crippen molar-refractivity contribution in [1.29, 1.82) is 0 Å². The zero-order valence-corrected chi connectivity index (χ0v) is 13.8. The fourth-order valence-electron chi connectivity index (χ4n) is 3.78. The molecule has 120 valence electrons. The summed E-state index contributed by atoms with van der Waals surface area (Å²) in [5.74, 6) is 1.48. The van der Waals surface area contributed by atoms with Gasteiger partial charge >= 0.3 is 0 Å². The van der Waals surface area contributed by atoms with E-state index in [1.807, 2.05) is 42.5 Å². The van der Waals surface area contributed by atoms with Crippen LogP contribution in [0.4, 0.5) is 0 Å². The summed E-state index contributed by atoms with van der Waals surface area (Å²) in [6.45, 7) is 0. The first-order chi connectivity index (χ1) is 11.8. The second-order valence-electron chi connectivity index (χ2n) is 6.47. The zero-order valence-electron chi connectivity index (χ0n) is 13.8. The van der Waals surface area contributed by atoms with Gasteiger partial charge in [0.05, 0.1) is 7.11 Å². The highest BCUT2D eigenvalue weighted by Gasteiger charge is 2.28. The summed E-state index contributed by atoms with van der Waals surface area (Å²) < 4.78 is 5.38. The molecule has 2 nitrogen and oxygen atoms in total. The maximum absolute atomic E-state index is 12.7. The smallest absolute Gasteiger partial charge is 0.189 e. The first-order valence-corrected chi connectivity index (χ1v) is 8.44. The van der Waals surface area contributed by atoms with E-state index in [2.05, 4.69) is 18.2 Å². The lowest BCUT2D eigenvalue weighted by Crippen LogP contribution is -2.19. The molecule has 0 heterocycles. The molecule has 0 aliphatic heterocycles. The van der Waals surface area contributed by atoms with Crippen molar-refractivity contribution >= 4 is 11.4 Å². The van der Waals surface area contributed by atoms with Crippen molar-refractivity contribution in [2.24, 2.45) is 5.92 Å². The highest BCUT2D eigenvalue weighted by atomic mass is 16.5. The summed E-state index contributed by atoms with van der Waals surface area (Å²) in [6, 6.07) is 15.9. The number of aryl methyl sites for hydroxylation is 1. The van der Waals surface area contributed by atoms with E-state index in [9.17, 15) is 4.79 Å². The van der Waals surface area contributed by atoms with Crippen LogP contribution in [0, 0.1) is 5.92 Å². The Morgan fingerprint density at radius 1 is 1.08 bits per heavy atom. The van der Waals surface area contributed by atoms with Crippen LogP contribution in [0.1, 0.15) is 34.3 Å². The molecule has 2 heteroatoms. The van der Waals surface area contributed by atoms with E-state index in [0.717, 1.165) is 36.1 Å². The van der Waals surface area contributed by atoms with Gasteiger partial charge in [-0.1, -0.05) is 48.6 Å². The third kappa shape index (κ3) is 2.58. The van der Waals surface area contributed by atoms with E-state index in [4.69, 9.17) is 4.74 Å². The molecule has 0 saturated heterocycles. The molecule has 2 aromatic carbocycles. The lowest BCUT2D eigenvalue weighted by atomic mass is 9.73. The number of ether oxygens (including phenoxy) is 1. The summed E-state index contributed by atoms with van der Waals surface area (Å²) in [7, 11) is 1.70. The van der Waals surface area contributed by atoms with Gasteiger partial charge in [-0.25, -0.2) is 0 Å². The number of hydrogen-bond donors (Lipinski definition) is 0. The minimum atomic E-state index is 0.155. The molecule has 2 aromatic rings. The summed E-state index contributed by atoms with van der Waals surface area (Å²) in [6.07, 6.45) is 7.15.